The lowest BCUT2D eigenvalue weighted by atomic mass is 10.1. The number of amides is 1. The van der Waals surface area contributed by atoms with Gasteiger partial charge in [0.05, 0.1) is 6.61 Å². The number of alkyl halides is 1. The molecule has 1 saturated carbocycles. The minimum atomic E-state index is -0.488. The van der Waals surface area contributed by atoms with Gasteiger partial charge in [0, 0.05) is 23.3 Å². The Balaban J connectivity index is 1.87. The zero-order valence-corrected chi connectivity index (χ0v) is 17.2. The maximum absolute atomic E-state index is 12.6. The lowest BCUT2D eigenvalue weighted by Crippen LogP contribution is -2.37. The molecule has 140 valence electrons. The number of nitrogens with zero attached hydrogens (tertiary/aromatic N) is 1. The number of carbonyl (C=O) groups is 1. The van der Waals surface area contributed by atoms with Crippen molar-refractivity contribution in [3.05, 3.63) is 42.0 Å². The topological polar surface area (TPSA) is 38.8 Å². The van der Waals surface area contributed by atoms with E-state index >= 15 is 0 Å². The first-order valence-corrected chi connectivity index (χ1v) is 10.2. The summed E-state index contributed by atoms with van der Waals surface area (Å²) in [6.07, 6.45) is 1.84. The van der Waals surface area contributed by atoms with Crippen LogP contribution in [0.2, 0.25) is 0 Å². The molecule has 0 aromatic heterocycles. The first-order chi connectivity index (χ1) is 12.4. The summed E-state index contributed by atoms with van der Waals surface area (Å²) in [5, 5.41) is 2.99. The first-order valence-electron chi connectivity index (χ1n) is 9.07. The SMILES string of the molecule is CC(C)(C)OC(=O)N(Cc1cc(OCCBr)c2ccccc2c1)C1CC1. The fourth-order valence-electron chi connectivity index (χ4n) is 2.94. The van der Waals surface area contributed by atoms with Crippen LogP contribution < -0.4 is 4.74 Å². The fourth-order valence-corrected chi connectivity index (χ4v) is 3.10. The third kappa shape index (κ3) is 4.91. The molecule has 0 aliphatic heterocycles. The van der Waals surface area contributed by atoms with Crippen molar-refractivity contribution in [1.82, 2.24) is 4.90 Å². The fraction of sp³-hybridized carbons (Fsp3) is 0.476. The molecule has 3 rings (SSSR count). The van der Waals surface area contributed by atoms with Crippen LogP contribution in [0.1, 0.15) is 39.2 Å². The molecule has 1 amide bonds. The number of rotatable bonds is 6. The van der Waals surface area contributed by atoms with Gasteiger partial charge in [0.1, 0.15) is 11.4 Å². The molecule has 5 heteroatoms. The normalized spacial score (nSPS) is 14.3. The zero-order chi connectivity index (χ0) is 18.7. The smallest absolute Gasteiger partial charge is 0.410 e. The Morgan fingerprint density at radius 2 is 1.96 bits per heavy atom. The van der Waals surface area contributed by atoms with Crippen LogP contribution in [0.3, 0.4) is 0 Å². The van der Waals surface area contributed by atoms with Crippen LogP contribution >= 0.6 is 15.9 Å². The number of carbonyl (C=O) groups excluding carboxylic acids is 1. The molecule has 0 unspecified atom stereocenters. The molecular weight excluding hydrogens is 394 g/mol. The van der Waals surface area contributed by atoms with E-state index in [1.165, 1.54) is 0 Å². The number of benzene rings is 2. The molecular formula is C21H26BrNO3. The van der Waals surface area contributed by atoms with Gasteiger partial charge in [-0.15, -0.1) is 0 Å². The Bertz CT molecular complexity index is 780. The number of halogens is 1. The molecule has 1 aliphatic carbocycles. The van der Waals surface area contributed by atoms with E-state index in [4.69, 9.17) is 9.47 Å². The van der Waals surface area contributed by atoms with Crippen LogP contribution in [-0.4, -0.2) is 34.6 Å². The Labute approximate surface area is 163 Å². The third-order valence-corrected chi connectivity index (χ3v) is 4.51. The Morgan fingerprint density at radius 1 is 1.23 bits per heavy atom. The van der Waals surface area contributed by atoms with Gasteiger partial charge >= 0.3 is 6.09 Å². The standard InChI is InChI=1S/C21H26BrNO3/c1-21(2,3)26-20(24)23(17-8-9-17)14-15-12-16-6-4-5-7-18(16)19(13-15)25-11-10-22/h4-7,12-13,17H,8-11,14H2,1-3H3. The number of hydrogen-bond donors (Lipinski definition) is 0. The predicted octanol–water partition coefficient (Wildman–Crippen LogP) is 5.51. The van der Waals surface area contributed by atoms with Gasteiger partial charge < -0.3 is 14.4 Å². The van der Waals surface area contributed by atoms with Gasteiger partial charge in [-0.1, -0.05) is 40.2 Å². The minimum absolute atomic E-state index is 0.240. The summed E-state index contributed by atoms with van der Waals surface area (Å²) < 4.78 is 11.5. The van der Waals surface area contributed by atoms with Gasteiger partial charge in [-0.3, -0.25) is 0 Å². The van der Waals surface area contributed by atoms with Gasteiger partial charge in [-0.05, 0) is 56.7 Å². The van der Waals surface area contributed by atoms with E-state index in [2.05, 4.69) is 34.1 Å². The third-order valence-electron chi connectivity index (χ3n) is 4.19. The molecule has 0 atom stereocenters. The summed E-state index contributed by atoms with van der Waals surface area (Å²) in [5.74, 6) is 0.859. The second-order valence-corrected chi connectivity index (χ2v) is 8.48. The highest BCUT2D eigenvalue weighted by Crippen LogP contribution is 2.33. The molecule has 1 aliphatic rings. The quantitative estimate of drug-likeness (QED) is 0.579. The summed E-state index contributed by atoms with van der Waals surface area (Å²) in [7, 11) is 0. The van der Waals surface area contributed by atoms with Crippen molar-refractivity contribution < 1.29 is 14.3 Å². The lowest BCUT2D eigenvalue weighted by Gasteiger charge is -2.27. The Morgan fingerprint density at radius 3 is 2.62 bits per heavy atom. The largest absolute Gasteiger partial charge is 0.492 e. The number of ether oxygens (including phenoxy) is 2. The lowest BCUT2D eigenvalue weighted by molar-refractivity contribution is 0.0216. The van der Waals surface area contributed by atoms with E-state index in [9.17, 15) is 4.79 Å². The van der Waals surface area contributed by atoms with E-state index < -0.39 is 5.60 Å². The molecule has 2 aromatic carbocycles. The molecule has 2 aromatic rings. The summed E-state index contributed by atoms with van der Waals surface area (Å²) >= 11 is 3.41. The van der Waals surface area contributed by atoms with E-state index in [0.29, 0.717) is 13.2 Å². The van der Waals surface area contributed by atoms with Crippen molar-refractivity contribution >= 4 is 32.8 Å². The zero-order valence-electron chi connectivity index (χ0n) is 15.6. The van der Waals surface area contributed by atoms with E-state index in [-0.39, 0.29) is 12.1 Å². The monoisotopic (exact) mass is 419 g/mol. The first kappa shape index (κ1) is 19.0. The second kappa shape index (κ2) is 7.87. The highest BCUT2D eigenvalue weighted by atomic mass is 79.9. The molecule has 0 bridgehead atoms. The average Bonchev–Trinajstić information content (AvgIpc) is 3.40. The molecule has 0 radical (unpaired) electrons. The molecule has 4 nitrogen and oxygen atoms in total. The van der Waals surface area contributed by atoms with Gasteiger partial charge in [0.2, 0.25) is 0 Å². The summed E-state index contributed by atoms with van der Waals surface area (Å²) in [4.78, 5) is 14.5. The maximum Gasteiger partial charge on any atom is 0.410 e. The van der Waals surface area contributed by atoms with Gasteiger partial charge in [0.25, 0.3) is 0 Å². The molecule has 0 heterocycles. The van der Waals surface area contributed by atoms with Crippen LogP contribution in [0.4, 0.5) is 4.79 Å². The van der Waals surface area contributed by atoms with Crippen LogP contribution in [0.5, 0.6) is 5.75 Å². The summed E-state index contributed by atoms with van der Waals surface area (Å²) in [6.45, 7) is 6.84. The highest BCUT2D eigenvalue weighted by molar-refractivity contribution is 9.09. The number of fused-ring (bicyclic) bond motifs is 1. The Hall–Kier alpha value is -1.75. The average molecular weight is 420 g/mol. The number of hydrogen-bond acceptors (Lipinski definition) is 3. The second-order valence-electron chi connectivity index (χ2n) is 7.69. The van der Waals surface area contributed by atoms with Gasteiger partial charge in [-0.2, -0.15) is 0 Å². The van der Waals surface area contributed by atoms with Crippen molar-refractivity contribution in [2.75, 3.05) is 11.9 Å². The molecule has 26 heavy (non-hydrogen) atoms. The van der Waals surface area contributed by atoms with Crippen molar-refractivity contribution in [3.63, 3.8) is 0 Å². The summed E-state index contributed by atoms with van der Waals surface area (Å²) in [5.41, 5.74) is 0.573. The van der Waals surface area contributed by atoms with E-state index in [1.54, 1.807) is 0 Å². The van der Waals surface area contributed by atoms with Crippen molar-refractivity contribution in [2.45, 2.75) is 51.8 Å². The molecule has 1 fully saturated rings. The maximum atomic E-state index is 12.6. The summed E-state index contributed by atoms with van der Waals surface area (Å²) in [6, 6.07) is 12.6. The van der Waals surface area contributed by atoms with Gasteiger partial charge in [0.15, 0.2) is 0 Å². The van der Waals surface area contributed by atoms with Crippen LogP contribution in [-0.2, 0) is 11.3 Å². The molecule has 0 saturated heterocycles. The van der Waals surface area contributed by atoms with Crippen LogP contribution in [0.25, 0.3) is 10.8 Å². The van der Waals surface area contributed by atoms with Crippen molar-refractivity contribution in [2.24, 2.45) is 0 Å². The van der Waals surface area contributed by atoms with Gasteiger partial charge in [-0.25, -0.2) is 4.79 Å². The molecule has 0 N–H and O–H groups in total. The van der Waals surface area contributed by atoms with Crippen molar-refractivity contribution in [3.8, 4) is 5.75 Å². The predicted molar refractivity (Wildman–Crippen MR) is 108 cm³/mol. The van der Waals surface area contributed by atoms with E-state index in [1.807, 2.05) is 43.9 Å². The highest BCUT2D eigenvalue weighted by Gasteiger charge is 2.35. The van der Waals surface area contributed by atoms with E-state index in [0.717, 1.165) is 40.3 Å². The Kier molecular flexibility index (Phi) is 5.76. The molecule has 0 spiro atoms. The van der Waals surface area contributed by atoms with Crippen LogP contribution in [0.15, 0.2) is 36.4 Å². The minimum Gasteiger partial charge on any atom is -0.492 e. The van der Waals surface area contributed by atoms with Crippen molar-refractivity contribution in [1.29, 1.82) is 0 Å². The van der Waals surface area contributed by atoms with Crippen LogP contribution in [0, 0.1) is 0 Å².